The number of allylic oxidation sites excluding steroid dienone is 1. The Bertz CT molecular complexity index is 439. The molecule has 0 unspecified atom stereocenters. The summed E-state index contributed by atoms with van der Waals surface area (Å²) in [6.45, 7) is 3.74. The summed E-state index contributed by atoms with van der Waals surface area (Å²) in [6, 6.07) is 14.9. The molecule has 0 atom stereocenters. The Morgan fingerprint density at radius 1 is 1.00 bits per heavy atom. The van der Waals surface area contributed by atoms with Gasteiger partial charge in [0.15, 0.2) is 0 Å². The zero-order valence-electron chi connectivity index (χ0n) is 9.45. The van der Waals surface area contributed by atoms with Crippen LogP contribution in [0.3, 0.4) is 0 Å². The first kappa shape index (κ1) is 10.7. The van der Waals surface area contributed by atoms with Gasteiger partial charge in [-0.15, -0.1) is 6.58 Å². The summed E-state index contributed by atoms with van der Waals surface area (Å²) in [6.07, 6.45) is 5.02. The molecule has 1 heterocycles. The largest absolute Gasteiger partial charge is 0.362 e. The van der Waals surface area contributed by atoms with Gasteiger partial charge in [0.2, 0.25) is 0 Å². The Labute approximate surface area is 96.8 Å². The van der Waals surface area contributed by atoms with E-state index in [0.29, 0.717) is 0 Å². The molecule has 0 aliphatic carbocycles. The van der Waals surface area contributed by atoms with Gasteiger partial charge in [0.05, 0.1) is 0 Å². The minimum atomic E-state index is 0.981. The first-order chi connectivity index (χ1) is 7.88. The highest BCUT2D eigenvalue weighted by Crippen LogP contribution is 2.10. The third-order valence-electron chi connectivity index (χ3n) is 2.66. The van der Waals surface area contributed by atoms with Gasteiger partial charge in [-0.05, 0) is 30.5 Å². The van der Waals surface area contributed by atoms with E-state index in [1.165, 1.54) is 17.0 Å². The molecule has 1 aromatic carbocycles. The van der Waals surface area contributed by atoms with Gasteiger partial charge in [-0.1, -0.05) is 36.4 Å². The third-order valence-corrected chi connectivity index (χ3v) is 2.66. The highest BCUT2D eigenvalue weighted by atomic mass is 14.7. The molecule has 0 amide bonds. The van der Waals surface area contributed by atoms with Crippen LogP contribution < -0.4 is 0 Å². The van der Waals surface area contributed by atoms with E-state index in [4.69, 9.17) is 0 Å². The van der Waals surface area contributed by atoms with E-state index in [1.54, 1.807) is 0 Å². The van der Waals surface area contributed by atoms with Gasteiger partial charge >= 0.3 is 0 Å². The third kappa shape index (κ3) is 2.86. The van der Waals surface area contributed by atoms with Crippen molar-refractivity contribution in [3.8, 4) is 0 Å². The number of H-pyrrole nitrogens is 1. The van der Waals surface area contributed by atoms with Crippen molar-refractivity contribution in [1.82, 2.24) is 4.98 Å². The highest BCUT2D eigenvalue weighted by Gasteiger charge is 1.99. The number of aromatic amines is 1. The molecule has 0 spiro atoms. The quantitative estimate of drug-likeness (QED) is 0.725. The Balaban J connectivity index is 2.00. The fourth-order valence-electron chi connectivity index (χ4n) is 1.81. The summed E-state index contributed by atoms with van der Waals surface area (Å²) in [5.74, 6) is 0. The molecule has 0 bridgehead atoms. The lowest BCUT2D eigenvalue weighted by Crippen LogP contribution is -1.89. The lowest BCUT2D eigenvalue weighted by Gasteiger charge is -1.98. The van der Waals surface area contributed by atoms with Gasteiger partial charge in [-0.25, -0.2) is 0 Å². The maximum absolute atomic E-state index is 3.74. The summed E-state index contributed by atoms with van der Waals surface area (Å²) in [5, 5.41) is 0. The highest BCUT2D eigenvalue weighted by molar-refractivity contribution is 5.23. The molecule has 2 rings (SSSR count). The predicted molar refractivity (Wildman–Crippen MR) is 68.6 cm³/mol. The minimum absolute atomic E-state index is 0.981. The molecular formula is C15H17N. The monoisotopic (exact) mass is 211 g/mol. The second-order valence-electron chi connectivity index (χ2n) is 4.00. The van der Waals surface area contributed by atoms with Crippen LogP contribution in [-0.4, -0.2) is 4.98 Å². The first-order valence-electron chi connectivity index (χ1n) is 5.70. The molecule has 82 valence electrons. The average Bonchev–Trinajstić information content (AvgIpc) is 2.75. The number of aromatic nitrogens is 1. The SMILES string of the molecule is C=CCCc1ccc(Cc2ccccc2)[nH]1. The molecule has 1 aromatic heterocycles. The molecule has 0 radical (unpaired) electrons. The summed E-state index contributed by atoms with van der Waals surface area (Å²) in [5.41, 5.74) is 3.93. The van der Waals surface area contributed by atoms with E-state index in [0.717, 1.165) is 19.3 Å². The van der Waals surface area contributed by atoms with Crippen molar-refractivity contribution in [1.29, 1.82) is 0 Å². The number of rotatable bonds is 5. The van der Waals surface area contributed by atoms with Crippen molar-refractivity contribution < 1.29 is 0 Å². The zero-order chi connectivity index (χ0) is 11.2. The molecular weight excluding hydrogens is 194 g/mol. The van der Waals surface area contributed by atoms with Crippen LogP contribution in [0.15, 0.2) is 55.1 Å². The second kappa shape index (κ2) is 5.36. The predicted octanol–water partition coefficient (Wildman–Crippen LogP) is 3.72. The Morgan fingerprint density at radius 2 is 1.75 bits per heavy atom. The summed E-state index contributed by atoms with van der Waals surface area (Å²) >= 11 is 0. The smallest absolute Gasteiger partial charge is 0.0193 e. The molecule has 1 N–H and O–H groups in total. The molecule has 0 fully saturated rings. The van der Waals surface area contributed by atoms with E-state index in [-0.39, 0.29) is 0 Å². The molecule has 2 aromatic rings. The topological polar surface area (TPSA) is 15.8 Å². The van der Waals surface area contributed by atoms with Gasteiger partial charge in [-0.3, -0.25) is 0 Å². The second-order valence-corrected chi connectivity index (χ2v) is 4.00. The Hall–Kier alpha value is -1.76. The number of benzene rings is 1. The molecule has 0 aliphatic heterocycles. The summed E-state index contributed by atoms with van der Waals surface area (Å²) < 4.78 is 0. The van der Waals surface area contributed by atoms with Crippen molar-refractivity contribution in [3.05, 3.63) is 72.1 Å². The first-order valence-corrected chi connectivity index (χ1v) is 5.70. The Kier molecular flexibility index (Phi) is 3.60. The minimum Gasteiger partial charge on any atom is -0.362 e. The van der Waals surface area contributed by atoms with Crippen molar-refractivity contribution in [2.24, 2.45) is 0 Å². The number of nitrogens with one attached hydrogen (secondary N) is 1. The standard InChI is InChI=1S/C15H17N/c1-2-3-9-14-10-11-15(16-14)12-13-7-5-4-6-8-13/h2,4-8,10-11,16H,1,3,9,12H2. The molecule has 16 heavy (non-hydrogen) atoms. The van der Waals surface area contributed by atoms with E-state index in [1.807, 2.05) is 12.1 Å². The maximum atomic E-state index is 3.74. The van der Waals surface area contributed by atoms with Gasteiger partial charge in [0.1, 0.15) is 0 Å². The zero-order valence-corrected chi connectivity index (χ0v) is 9.45. The van der Waals surface area contributed by atoms with Crippen LogP contribution in [-0.2, 0) is 12.8 Å². The van der Waals surface area contributed by atoms with Crippen molar-refractivity contribution in [2.45, 2.75) is 19.3 Å². The van der Waals surface area contributed by atoms with Crippen molar-refractivity contribution in [2.75, 3.05) is 0 Å². The van der Waals surface area contributed by atoms with E-state index < -0.39 is 0 Å². The molecule has 0 saturated carbocycles. The van der Waals surface area contributed by atoms with Gasteiger partial charge in [-0.2, -0.15) is 0 Å². The van der Waals surface area contributed by atoms with Crippen LogP contribution >= 0.6 is 0 Å². The van der Waals surface area contributed by atoms with Crippen LogP contribution in [0, 0.1) is 0 Å². The van der Waals surface area contributed by atoms with E-state index in [9.17, 15) is 0 Å². The van der Waals surface area contributed by atoms with Crippen LogP contribution in [0.25, 0.3) is 0 Å². The van der Waals surface area contributed by atoms with Crippen molar-refractivity contribution in [3.63, 3.8) is 0 Å². The average molecular weight is 211 g/mol. The number of hydrogen-bond donors (Lipinski definition) is 1. The van der Waals surface area contributed by atoms with Gasteiger partial charge < -0.3 is 4.98 Å². The fourth-order valence-corrected chi connectivity index (χ4v) is 1.81. The molecule has 0 saturated heterocycles. The van der Waals surface area contributed by atoms with Crippen LogP contribution in [0.4, 0.5) is 0 Å². The molecule has 0 aliphatic rings. The van der Waals surface area contributed by atoms with E-state index >= 15 is 0 Å². The molecule has 1 nitrogen and oxygen atoms in total. The number of hydrogen-bond acceptors (Lipinski definition) is 0. The van der Waals surface area contributed by atoms with E-state index in [2.05, 4.69) is 48.0 Å². The molecule has 1 heteroatoms. The normalized spacial score (nSPS) is 10.2. The maximum Gasteiger partial charge on any atom is 0.0193 e. The lowest BCUT2D eigenvalue weighted by atomic mass is 10.1. The van der Waals surface area contributed by atoms with Crippen molar-refractivity contribution >= 4 is 0 Å². The summed E-state index contributed by atoms with van der Waals surface area (Å²) in [4.78, 5) is 3.45. The van der Waals surface area contributed by atoms with Crippen LogP contribution in [0.1, 0.15) is 23.4 Å². The van der Waals surface area contributed by atoms with Crippen LogP contribution in [0.2, 0.25) is 0 Å². The Morgan fingerprint density at radius 3 is 2.50 bits per heavy atom. The summed E-state index contributed by atoms with van der Waals surface area (Å²) in [7, 11) is 0. The number of aryl methyl sites for hydroxylation is 1. The van der Waals surface area contributed by atoms with Crippen LogP contribution in [0.5, 0.6) is 0 Å². The van der Waals surface area contributed by atoms with Gasteiger partial charge in [0, 0.05) is 17.8 Å². The fraction of sp³-hybridized carbons (Fsp3) is 0.200. The lowest BCUT2D eigenvalue weighted by molar-refractivity contribution is 0.942. The van der Waals surface area contributed by atoms with Gasteiger partial charge in [0.25, 0.3) is 0 Å².